The first-order valence-corrected chi connectivity index (χ1v) is 6.29. The minimum atomic E-state index is -0.822. The highest BCUT2D eigenvalue weighted by Gasteiger charge is 2.24. The molecule has 6 heteroatoms. The molecule has 1 heterocycles. The van der Waals surface area contributed by atoms with Gasteiger partial charge >= 0.3 is 12.0 Å². The third-order valence-electron chi connectivity index (χ3n) is 3.26. The van der Waals surface area contributed by atoms with Crippen molar-refractivity contribution in [3.63, 3.8) is 0 Å². The van der Waals surface area contributed by atoms with Crippen LogP contribution < -0.4 is 0 Å². The third kappa shape index (κ3) is 4.52. The van der Waals surface area contributed by atoms with Gasteiger partial charge in [0.2, 0.25) is 0 Å². The molecule has 0 aliphatic carbocycles. The van der Waals surface area contributed by atoms with Crippen LogP contribution in [0.2, 0.25) is 0 Å². The van der Waals surface area contributed by atoms with Crippen LogP contribution in [0.1, 0.15) is 25.7 Å². The number of carbonyl (C=O) groups is 2. The lowest BCUT2D eigenvalue weighted by molar-refractivity contribution is -0.137. The van der Waals surface area contributed by atoms with E-state index >= 15 is 0 Å². The Morgan fingerprint density at radius 2 is 2.00 bits per heavy atom. The van der Waals surface area contributed by atoms with E-state index < -0.39 is 5.97 Å². The van der Waals surface area contributed by atoms with Crippen LogP contribution in [0.5, 0.6) is 0 Å². The molecule has 6 nitrogen and oxygen atoms in total. The Labute approximate surface area is 107 Å². The van der Waals surface area contributed by atoms with Crippen molar-refractivity contribution in [2.45, 2.75) is 31.8 Å². The number of carboxylic acid groups (broad SMARTS) is 1. The van der Waals surface area contributed by atoms with Crippen LogP contribution in [0, 0.1) is 0 Å². The zero-order chi connectivity index (χ0) is 13.5. The Morgan fingerprint density at radius 3 is 2.50 bits per heavy atom. The third-order valence-corrected chi connectivity index (χ3v) is 3.26. The van der Waals surface area contributed by atoms with Crippen LogP contribution in [-0.4, -0.2) is 66.8 Å². The van der Waals surface area contributed by atoms with Crippen LogP contribution in [0.15, 0.2) is 0 Å². The van der Waals surface area contributed by atoms with Crippen molar-refractivity contribution in [1.29, 1.82) is 0 Å². The Balaban J connectivity index is 2.28. The molecule has 18 heavy (non-hydrogen) atoms. The lowest BCUT2D eigenvalue weighted by atomic mass is 10.1. The van der Waals surface area contributed by atoms with Crippen molar-refractivity contribution in [3.8, 4) is 0 Å². The molecule has 0 aromatic heterocycles. The molecular weight excluding hydrogens is 236 g/mol. The molecule has 0 atom stereocenters. The zero-order valence-corrected chi connectivity index (χ0v) is 11.1. The summed E-state index contributed by atoms with van der Waals surface area (Å²) >= 11 is 0. The van der Waals surface area contributed by atoms with Gasteiger partial charge in [0.25, 0.3) is 0 Å². The molecule has 0 unspecified atom stereocenters. The molecule has 0 saturated carbocycles. The number of piperidine rings is 1. The second kappa shape index (κ2) is 7.20. The summed E-state index contributed by atoms with van der Waals surface area (Å²) in [4.78, 5) is 25.8. The summed E-state index contributed by atoms with van der Waals surface area (Å²) in [5.41, 5.74) is 0. The van der Waals surface area contributed by atoms with E-state index in [0.29, 0.717) is 26.1 Å². The van der Waals surface area contributed by atoms with Gasteiger partial charge in [0.15, 0.2) is 0 Å². The second-order valence-corrected chi connectivity index (χ2v) is 4.62. The van der Waals surface area contributed by atoms with E-state index in [1.165, 1.54) is 0 Å². The van der Waals surface area contributed by atoms with E-state index in [9.17, 15) is 9.59 Å². The van der Waals surface area contributed by atoms with E-state index in [1.807, 2.05) is 0 Å². The maximum Gasteiger partial charge on any atom is 0.319 e. The topological polar surface area (TPSA) is 70.1 Å². The molecule has 1 aliphatic heterocycles. The first-order chi connectivity index (χ1) is 8.54. The second-order valence-electron chi connectivity index (χ2n) is 4.62. The van der Waals surface area contributed by atoms with Crippen LogP contribution in [0.4, 0.5) is 4.79 Å². The van der Waals surface area contributed by atoms with E-state index in [1.54, 1.807) is 24.0 Å². The van der Waals surface area contributed by atoms with Crippen molar-refractivity contribution < 1.29 is 19.4 Å². The number of rotatable bonds is 5. The first-order valence-electron chi connectivity index (χ1n) is 6.29. The summed E-state index contributed by atoms with van der Waals surface area (Å²) in [5, 5.41) is 8.54. The summed E-state index contributed by atoms with van der Waals surface area (Å²) in [6.07, 6.45) is 2.58. The number of methoxy groups -OCH3 is 1. The standard InChI is InChI=1S/C12H22N2O4/c1-13(7-3-4-11(15)16)12(17)14-8-5-10(18-2)6-9-14/h10H,3-9H2,1-2H3,(H,15,16). The summed E-state index contributed by atoms with van der Waals surface area (Å²) in [6.45, 7) is 1.90. The molecule has 2 amide bonds. The van der Waals surface area contributed by atoms with Gasteiger partial charge in [-0.1, -0.05) is 0 Å². The van der Waals surface area contributed by atoms with Gasteiger partial charge in [-0.15, -0.1) is 0 Å². The number of aliphatic carboxylic acids is 1. The fraction of sp³-hybridized carbons (Fsp3) is 0.833. The zero-order valence-electron chi connectivity index (χ0n) is 11.1. The van der Waals surface area contributed by atoms with Gasteiger partial charge in [-0.2, -0.15) is 0 Å². The molecule has 1 aliphatic rings. The molecule has 0 spiro atoms. The number of amides is 2. The highest BCUT2D eigenvalue weighted by molar-refractivity contribution is 5.74. The summed E-state index contributed by atoms with van der Waals surface area (Å²) in [6, 6.07) is -0.0186. The Kier molecular flexibility index (Phi) is 5.91. The molecular formula is C12H22N2O4. The first kappa shape index (κ1) is 14.8. The summed E-state index contributed by atoms with van der Waals surface area (Å²) < 4.78 is 5.25. The molecule has 0 aromatic carbocycles. The summed E-state index contributed by atoms with van der Waals surface area (Å²) in [7, 11) is 3.41. The van der Waals surface area contributed by atoms with Gasteiger partial charge in [-0.3, -0.25) is 4.79 Å². The SMILES string of the molecule is COC1CCN(C(=O)N(C)CCCC(=O)O)CC1. The number of carboxylic acids is 1. The predicted molar refractivity (Wildman–Crippen MR) is 66.5 cm³/mol. The number of nitrogens with zero attached hydrogens (tertiary/aromatic N) is 2. The van der Waals surface area contributed by atoms with Gasteiger partial charge in [-0.05, 0) is 19.3 Å². The van der Waals surface area contributed by atoms with Gasteiger partial charge < -0.3 is 19.6 Å². The quantitative estimate of drug-likeness (QED) is 0.799. The number of likely N-dealkylation sites (tertiary alicyclic amines) is 1. The van der Waals surface area contributed by atoms with Crippen molar-refractivity contribution in [1.82, 2.24) is 9.80 Å². The number of ether oxygens (including phenoxy) is 1. The Morgan fingerprint density at radius 1 is 1.39 bits per heavy atom. The summed E-state index contributed by atoms with van der Waals surface area (Å²) in [5.74, 6) is -0.822. The minimum Gasteiger partial charge on any atom is -0.481 e. The van der Waals surface area contributed by atoms with Crippen LogP contribution in [-0.2, 0) is 9.53 Å². The molecule has 1 saturated heterocycles. The number of carbonyl (C=O) groups excluding carboxylic acids is 1. The lowest BCUT2D eigenvalue weighted by Crippen LogP contribution is -2.46. The molecule has 104 valence electrons. The van der Waals surface area contributed by atoms with E-state index in [-0.39, 0.29) is 18.6 Å². The highest BCUT2D eigenvalue weighted by Crippen LogP contribution is 2.14. The predicted octanol–water partition coefficient (Wildman–Crippen LogP) is 1.01. The Bertz CT molecular complexity index is 288. The normalized spacial score (nSPS) is 16.7. The van der Waals surface area contributed by atoms with Crippen LogP contribution in [0.25, 0.3) is 0 Å². The average molecular weight is 258 g/mol. The van der Waals surface area contributed by atoms with E-state index in [0.717, 1.165) is 12.8 Å². The average Bonchev–Trinajstić information content (AvgIpc) is 2.37. The maximum absolute atomic E-state index is 12.0. The van der Waals surface area contributed by atoms with E-state index in [4.69, 9.17) is 9.84 Å². The molecule has 0 bridgehead atoms. The number of hydrogen-bond acceptors (Lipinski definition) is 3. The molecule has 0 aromatic rings. The molecule has 0 radical (unpaired) electrons. The van der Waals surface area contributed by atoms with Gasteiger partial charge in [0, 0.05) is 40.2 Å². The van der Waals surface area contributed by atoms with Crippen molar-refractivity contribution >= 4 is 12.0 Å². The molecule has 1 N–H and O–H groups in total. The lowest BCUT2D eigenvalue weighted by Gasteiger charge is -2.34. The van der Waals surface area contributed by atoms with Crippen molar-refractivity contribution in [2.75, 3.05) is 33.8 Å². The van der Waals surface area contributed by atoms with Crippen molar-refractivity contribution in [3.05, 3.63) is 0 Å². The maximum atomic E-state index is 12.0. The van der Waals surface area contributed by atoms with Gasteiger partial charge in [-0.25, -0.2) is 4.79 Å². The van der Waals surface area contributed by atoms with Crippen LogP contribution >= 0.6 is 0 Å². The minimum absolute atomic E-state index is 0.0186. The smallest absolute Gasteiger partial charge is 0.319 e. The largest absolute Gasteiger partial charge is 0.481 e. The highest BCUT2D eigenvalue weighted by atomic mass is 16.5. The fourth-order valence-corrected chi connectivity index (χ4v) is 2.09. The van der Waals surface area contributed by atoms with Crippen LogP contribution in [0.3, 0.4) is 0 Å². The monoisotopic (exact) mass is 258 g/mol. The fourth-order valence-electron chi connectivity index (χ4n) is 2.09. The molecule has 1 fully saturated rings. The van der Waals surface area contributed by atoms with Gasteiger partial charge in [0.1, 0.15) is 0 Å². The van der Waals surface area contributed by atoms with Gasteiger partial charge in [0.05, 0.1) is 6.10 Å². The Hall–Kier alpha value is -1.30. The molecule has 1 rings (SSSR count). The number of hydrogen-bond donors (Lipinski definition) is 1. The van der Waals surface area contributed by atoms with Crippen molar-refractivity contribution in [2.24, 2.45) is 0 Å². The number of urea groups is 1. The van der Waals surface area contributed by atoms with E-state index in [2.05, 4.69) is 0 Å².